The van der Waals surface area contributed by atoms with Gasteiger partial charge in [0.1, 0.15) is 10.0 Å². The zero-order chi connectivity index (χ0) is 13.7. The molecule has 5 nitrogen and oxygen atoms in total. The smallest absolute Gasteiger partial charge is 0.322 e. The zero-order valence-corrected chi connectivity index (χ0v) is 12.6. The Morgan fingerprint density at radius 1 is 1.63 bits per heavy atom. The fraction of sp³-hybridized carbons (Fsp3) is 0.667. The van der Waals surface area contributed by atoms with Gasteiger partial charge >= 0.3 is 6.03 Å². The number of rotatable bonds is 6. The second-order valence-electron chi connectivity index (χ2n) is 4.57. The average Bonchev–Trinajstić information content (AvgIpc) is 2.78. The highest BCUT2D eigenvalue weighted by atomic mass is 32.2. The minimum atomic E-state index is -0.364. The summed E-state index contributed by atoms with van der Waals surface area (Å²) in [4.78, 5) is 13.3. The maximum Gasteiger partial charge on any atom is 0.322 e. The van der Waals surface area contributed by atoms with Crippen LogP contribution in [0.15, 0.2) is 11.1 Å². The van der Waals surface area contributed by atoms with Gasteiger partial charge in [0.25, 0.3) is 0 Å². The molecule has 2 N–H and O–H groups in total. The van der Waals surface area contributed by atoms with Crippen molar-refractivity contribution in [3.05, 3.63) is 6.07 Å². The number of carbonyl (C=O) groups is 1. The first-order valence-electron chi connectivity index (χ1n) is 6.52. The first-order chi connectivity index (χ1) is 9.19. The molecule has 2 amide bonds. The molecule has 2 rings (SSSR count). The van der Waals surface area contributed by atoms with Crippen molar-refractivity contribution in [1.82, 2.24) is 9.27 Å². The molecule has 1 aromatic heterocycles. The van der Waals surface area contributed by atoms with E-state index in [2.05, 4.69) is 16.6 Å². The van der Waals surface area contributed by atoms with Gasteiger partial charge < -0.3 is 10.0 Å². The number of urea groups is 1. The van der Waals surface area contributed by atoms with Crippen molar-refractivity contribution >= 4 is 34.3 Å². The van der Waals surface area contributed by atoms with Crippen molar-refractivity contribution in [2.45, 2.75) is 37.3 Å². The third kappa shape index (κ3) is 4.36. The number of unbranched alkanes of at least 4 members (excludes halogenated alkanes) is 2. The Kier molecular flexibility index (Phi) is 5.47. The molecular formula is C12H19N3O2S2. The number of nitrogens with zero attached hydrogens (tertiary/aromatic N) is 2. The summed E-state index contributed by atoms with van der Waals surface area (Å²) >= 11 is 3.03. The summed E-state index contributed by atoms with van der Waals surface area (Å²) in [7, 11) is 0. The molecule has 0 atom stereocenters. The van der Waals surface area contributed by atoms with E-state index in [-0.39, 0.29) is 12.1 Å². The maximum absolute atomic E-state index is 11.7. The second-order valence-corrected chi connectivity index (χ2v) is 6.49. The zero-order valence-electron chi connectivity index (χ0n) is 11.0. The molecule has 1 saturated heterocycles. The first-order valence-corrected chi connectivity index (χ1v) is 8.28. The Hall–Kier alpha value is -0.790. The predicted molar refractivity (Wildman–Crippen MR) is 79.0 cm³/mol. The van der Waals surface area contributed by atoms with Crippen LogP contribution in [0, 0.1) is 0 Å². The van der Waals surface area contributed by atoms with E-state index in [9.17, 15) is 4.79 Å². The number of amides is 2. The van der Waals surface area contributed by atoms with Gasteiger partial charge in [-0.2, -0.15) is 4.37 Å². The molecular weight excluding hydrogens is 282 g/mol. The lowest BCUT2D eigenvalue weighted by atomic mass is 10.2. The topological polar surface area (TPSA) is 65.5 Å². The van der Waals surface area contributed by atoms with Gasteiger partial charge in [0.15, 0.2) is 0 Å². The van der Waals surface area contributed by atoms with Crippen molar-refractivity contribution < 1.29 is 9.90 Å². The number of carbonyl (C=O) groups excluding carboxylic acids is 1. The van der Waals surface area contributed by atoms with E-state index in [0.717, 1.165) is 15.8 Å². The lowest BCUT2D eigenvalue weighted by Crippen LogP contribution is -2.54. The summed E-state index contributed by atoms with van der Waals surface area (Å²) in [6.07, 6.45) is 3.31. The lowest BCUT2D eigenvalue weighted by molar-refractivity contribution is 0.0309. The van der Waals surface area contributed by atoms with Gasteiger partial charge in [-0.05, 0) is 23.7 Å². The summed E-state index contributed by atoms with van der Waals surface area (Å²) in [5.74, 6) is 1.07. The standard InChI is InChI=1S/C12H19N3O2S2/c1-2-3-4-5-18-11-6-10(19-14-11)13-12(17)15-7-9(16)8-15/h6,9,16H,2-5,7-8H2,1H3,(H,13,17). The van der Waals surface area contributed by atoms with Gasteiger partial charge in [0, 0.05) is 6.07 Å². The van der Waals surface area contributed by atoms with Crippen LogP contribution >= 0.6 is 23.3 Å². The minimum Gasteiger partial charge on any atom is -0.389 e. The second kappa shape index (κ2) is 7.12. The third-order valence-electron chi connectivity index (χ3n) is 2.87. The van der Waals surface area contributed by atoms with Gasteiger partial charge in [-0.15, -0.1) is 11.8 Å². The highest BCUT2D eigenvalue weighted by Crippen LogP contribution is 2.26. The van der Waals surface area contributed by atoms with Gasteiger partial charge in [0.2, 0.25) is 0 Å². The Morgan fingerprint density at radius 2 is 2.42 bits per heavy atom. The van der Waals surface area contributed by atoms with Crippen molar-refractivity contribution in [3.63, 3.8) is 0 Å². The van der Waals surface area contributed by atoms with Crippen LogP contribution in [0.3, 0.4) is 0 Å². The van der Waals surface area contributed by atoms with Crippen molar-refractivity contribution in [2.75, 3.05) is 24.2 Å². The molecule has 1 aromatic rings. The Balaban J connectivity index is 1.72. The van der Waals surface area contributed by atoms with Crippen LogP contribution in [0.25, 0.3) is 0 Å². The Bertz CT molecular complexity index is 419. The molecule has 0 saturated carbocycles. The van der Waals surface area contributed by atoms with E-state index >= 15 is 0 Å². The molecule has 1 aliphatic rings. The van der Waals surface area contributed by atoms with Crippen LogP contribution in [0.1, 0.15) is 26.2 Å². The maximum atomic E-state index is 11.7. The molecule has 0 radical (unpaired) electrons. The highest BCUT2D eigenvalue weighted by Gasteiger charge is 2.28. The van der Waals surface area contributed by atoms with Crippen molar-refractivity contribution in [2.24, 2.45) is 0 Å². The number of aliphatic hydroxyl groups is 1. The molecule has 106 valence electrons. The quantitative estimate of drug-likeness (QED) is 0.626. The third-order valence-corrected chi connectivity index (χ3v) is 4.68. The average molecular weight is 301 g/mol. The van der Waals surface area contributed by atoms with E-state index in [0.29, 0.717) is 13.1 Å². The van der Waals surface area contributed by atoms with Crippen LogP contribution in [-0.2, 0) is 0 Å². The summed E-state index contributed by atoms with van der Waals surface area (Å²) in [6.45, 7) is 3.03. The first kappa shape index (κ1) is 14.6. The largest absolute Gasteiger partial charge is 0.389 e. The predicted octanol–water partition coefficient (Wildman–Crippen LogP) is 2.63. The minimum absolute atomic E-state index is 0.156. The molecule has 2 heterocycles. The summed E-state index contributed by atoms with van der Waals surface area (Å²) in [5.41, 5.74) is 0. The van der Waals surface area contributed by atoms with E-state index in [1.165, 1.54) is 30.8 Å². The molecule has 7 heteroatoms. The van der Waals surface area contributed by atoms with Gasteiger partial charge in [-0.3, -0.25) is 5.32 Å². The van der Waals surface area contributed by atoms with Gasteiger partial charge in [-0.25, -0.2) is 4.79 Å². The number of thioether (sulfide) groups is 1. The number of anilines is 1. The molecule has 1 fully saturated rings. The Labute approximate surface area is 121 Å². The van der Waals surface area contributed by atoms with E-state index < -0.39 is 0 Å². The van der Waals surface area contributed by atoms with Gasteiger partial charge in [0.05, 0.1) is 19.2 Å². The van der Waals surface area contributed by atoms with Crippen LogP contribution in [0.5, 0.6) is 0 Å². The highest BCUT2D eigenvalue weighted by molar-refractivity contribution is 7.99. The van der Waals surface area contributed by atoms with Crippen LogP contribution in [0.2, 0.25) is 0 Å². The number of nitrogens with one attached hydrogen (secondary N) is 1. The SMILES string of the molecule is CCCCCSc1cc(NC(=O)N2CC(O)C2)sn1. The number of aromatic nitrogens is 1. The lowest BCUT2D eigenvalue weighted by Gasteiger charge is -2.35. The number of hydrogen-bond acceptors (Lipinski definition) is 5. The fourth-order valence-electron chi connectivity index (χ4n) is 1.72. The monoisotopic (exact) mass is 301 g/mol. The van der Waals surface area contributed by atoms with E-state index in [1.807, 2.05) is 6.07 Å². The summed E-state index contributed by atoms with van der Waals surface area (Å²) in [5, 5.41) is 13.7. The van der Waals surface area contributed by atoms with Crippen LogP contribution in [0.4, 0.5) is 9.80 Å². The molecule has 0 spiro atoms. The molecule has 0 aromatic carbocycles. The molecule has 0 unspecified atom stereocenters. The van der Waals surface area contributed by atoms with Crippen molar-refractivity contribution in [3.8, 4) is 0 Å². The summed E-state index contributed by atoms with van der Waals surface area (Å²) in [6, 6.07) is 1.76. The normalized spacial score (nSPS) is 15.4. The van der Waals surface area contributed by atoms with Crippen LogP contribution < -0.4 is 5.32 Å². The summed E-state index contributed by atoms with van der Waals surface area (Å²) < 4.78 is 4.31. The molecule has 0 aliphatic carbocycles. The molecule has 1 aliphatic heterocycles. The molecule has 19 heavy (non-hydrogen) atoms. The Morgan fingerprint density at radius 3 is 3.11 bits per heavy atom. The van der Waals surface area contributed by atoms with Gasteiger partial charge in [-0.1, -0.05) is 19.8 Å². The number of aliphatic hydroxyl groups excluding tert-OH is 1. The number of β-amino-alcohol motifs (C(OH)–C–C–N with tert-alkyl or cyclic N) is 1. The van der Waals surface area contributed by atoms with Crippen LogP contribution in [-0.4, -0.2) is 45.4 Å². The number of likely N-dealkylation sites (tertiary alicyclic amines) is 1. The molecule has 0 bridgehead atoms. The number of hydrogen-bond donors (Lipinski definition) is 2. The van der Waals surface area contributed by atoms with Crippen molar-refractivity contribution in [1.29, 1.82) is 0 Å². The van der Waals surface area contributed by atoms with E-state index in [1.54, 1.807) is 16.7 Å². The van der Waals surface area contributed by atoms with E-state index in [4.69, 9.17) is 5.11 Å². The fourth-order valence-corrected chi connectivity index (χ4v) is 3.41.